The second kappa shape index (κ2) is 57.7. The zero-order chi connectivity index (χ0) is 58.0. The Balaban J connectivity index is 0. The van der Waals surface area contributed by atoms with Crippen LogP contribution >= 0.6 is 0 Å². The van der Waals surface area contributed by atoms with Gasteiger partial charge < -0.3 is 34.6 Å². The van der Waals surface area contributed by atoms with E-state index in [2.05, 4.69) is 39.5 Å². The average molecular weight is 1160 g/mol. The van der Waals surface area contributed by atoms with Crippen LogP contribution in [0.15, 0.2) is 0 Å². The first kappa shape index (κ1) is 81.7. The second-order valence-electron chi connectivity index (χ2n) is 25.0. The zero-order valence-corrected chi connectivity index (χ0v) is 53.3. The van der Waals surface area contributed by atoms with E-state index in [1.54, 1.807) is 6.92 Å². The fourth-order valence-electron chi connectivity index (χ4n) is 12.0. The standard InChI is InChI=1S/C40H79NO5.C28H55NO4.2CH4/c1-5-8-11-14-17-20-23-26-29-36(42)32-41-33-38(31-28-25-22-19-16-13-10-7-3)46-40(44)39(41)35(4)45-34-37(43)30-27-24-21-18-15-12-9-6-2;1-4-6-8-10-12-14-16-18-20-25(31)22-29-23-26(33-28(32)27(29)24(3)30)21-19-17-15-13-11-9-7-5-2;;/h35-39,42-43H,5-34H2,1-4H3;24-27,30-31H,4-23H2,1-3H3;2*1H4. The van der Waals surface area contributed by atoms with Crippen molar-refractivity contribution in [3.05, 3.63) is 0 Å². The summed E-state index contributed by atoms with van der Waals surface area (Å²) < 4.78 is 17.8. The van der Waals surface area contributed by atoms with E-state index in [4.69, 9.17) is 14.2 Å². The maximum atomic E-state index is 13.4. The minimum absolute atomic E-state index is 0. The summed E-state index contributed by atoms with van der Waals surface area (Å²) in [5.41, 5.74) is 0. The van der Waals surface area contributed by atoms with Gasteiger partial charge in [0.15, 0.2) is 0 Å². The molecule has 2 rings (SSSR count). The summed E-state index contributed by atoms with van der Waals surface area (Å²) in [4.78, 5) is 30.1. The number of nitrogens with zero attached hydrogens (tertiary/aromatic N) is 2. The molecule has 0 radical (unpaired) electrons. The van der Waals surface area contributed by atoms with Crippen molar-refractivity contribution in [1.82, 2.24) is 9.80 Å². The number of β-amino-alcohol motifs (C(OH)–C–C–N with tert-alkyl or cyclic N) is 2. The van der Waals surface area contributed by atoms with E-state index in [1.807, 2.05) is 11.8 Å². The van der Waals surface area contributed by atoms with Crippen LogP contribution in [0, 0.1) is 0 Å². The summed E-state index contributed by atoms with van der Waals surface area (Å²) in [5, 5.41) is 42.4. The van der Waals surface area contributed by atoms with Crippen molar-refractivity contribution in [2.45, 2.75) is 407 Å². The Bertz CT molecular complexity index is 1340. The van der Waals surface area contributed by atoms with Gasteiger partial charge >= 0.3 is 11.9 Å². The van der Waals surface area contributed by atoms with Crippen molar-refractivity contribution in [2.24, 2.45) is 0 Å². The Labute approximate surface area is 503 Å². The third-order valence-corrected chi connectivity index (χ3v) is 17.0. The minimum Gasteiger partial charge on any atom is -0.460 e. The monoisotopic (exact) mass is 1160 g/mol. The van der Waals surface area contributed by atoms with E-state index < -0.39 is 42.6 Å². The molecule has 0 aliphatic carbocycles. The summed E-state index contributed by atoms with van der Waals surface area (Å²) in [6.45, 7) is 17.2. The van der Waals surface area contributed by atoms with Gasteiger partial charge in [-0.2, -0.15) is 0 Å². The lowest BCUT2D eigenvalue weighted by atomic mass is 10.0. The molecular formula is C70H142N2O9. The molecule has 9 atom stereocenters. The first-order chi connectivity index (χ1) is 38.4. The second-order valence-corrected chi connectivity index (χ2v) is 25.0. The van der Waals surface area contributed by atoms with Crippen molar-refractivity contribution in [1.29, 1.82) is 0 Å². The van der Waals surface area contributed by atoms with E-state index >= 15 is 0 Å². The van der Waals surface area contributed by atoms with Crippen LogP contribution in [0.4, 0.5) is 0 Å². The third-order valence-electron chi connectivity index (χ3n) is 17.0. The predicted molar refractivity (Wildman–Crippen MR) is 345 cm³/mol. The number of aliphatic hydroxyl groups excluding tert-OH is 4. The number of esters is 2. The average Bonchev–Trinajstić information content (AvgIpc) is 3.43. The lowest BCUT2D eigenvalue weighted by Crippen LogP contribution is -2.59. The van der Waals surface area contributed by atoms with Gasteiger partial charge in [0.2, 0.25) is 0 Å². The first-order valence-corrected chi connectivity index (χ1v) is 34.6. The zero-order valence-electron chi connectivity index (χ0n) is 53.3. The van der Waals surface area contributed by atoms with Crippen LogP contribution in [0.5, 0.6) is 0 Å². The van der Waals surface area contributed by atoms with Crippen LogP contribution in [0.3, 0.4) is 0 Å². The van der Waals surface area contributed by atoms with E-state index in [0.29, 0.717) is 26.2 Å². The van der Waals surface area contributed by atoms with Gasteiger partial charge in [-0.25, -0.2) is 0 Å². The van der Waals surface area contributed by atoms with Gasteiger partial charge in [-0.15, -0.1) is 0 Å². The first-order valence-electron chi connectivity index (χ1n) is 34.6. The molecule has 0 aromatic rings. The molecule has 2 aliphatic heterocycles. The van der Waals surface area contributed by atoms with E-state index in [0.717, 1.165) is 83.5 Å². The largest absolute Gasteiger partial charge is 0.460 e. The van der Waals surface area contributed by atoms with Crippen LogP contribution in [0.1, 0.15) is 352 Å². The summed E-state index contributed by atoms with van der Waals surface area (Å²) in [5.74, 6) is -0.569. The van der Waals surface area contributed by atoms with Crippen molar-refractivity contribution >= 4 is 11.9 Å². The summed E-state index contributed by atoms with van der Waals surface area (Å²) >= 11 is 0. The number of hydrogen-bond acceptors (Lipinski definition) is 11. The van der Waals surface area contributed by atoms with Gasteiger partial charge in [0.1, 0.15) is 24.3 Å². The highest BCUT2D eigenvalue weighted by Crippen LogP contribution is 2.26. The van der Waals surface area contributed by atoms with Crippen molar-refractivity contribution in [2.75, 3.05) is 32.8 Å². The topological polar surface area (TPSA) is 149 Å². The fraction of sp³-hybridized carbons (Fsp3) is 0.971. The number of rotatable bonds is 54. The van der Waals surface area contributed by atoms with Crippen LogP contribution in [-0.2, 0) is 23.8 Å². The molecule has 2 saturated heterocycles. The van der Waals surface area contributed by atoms with Crippen molar-refractivity contribution in [3.8, 4) is 0 Å². The van der Waals surface area contributed by atoms with E-state index in [-0.39, 0.29) is 45.6 Å². The number of unbranched alkanes of at least 4 members (excludes halogenated alkanes) is 35. The highest BCUT2D eigenvalue weighted by Gasteiger charge is 2.42. The smallest absolute Gasteiger partial charge is 0.326 e. The molecule has 11 heteroatoms. The number of carbonyl (C=O) groups is 2. The van der Waals surface area contributed by atoms with E-state index in [9.17, 15) is 30.0 Å². The van der Waals surface area contributed by atoms with Crippen LogP contribution in [-0.4, -0.2) is 130 Å². The molecule has 0 aromatic heterocycles. The summed E-state index contributed by atoms with van der Waals surface area (Å²) in [6, 6.07) is -1.20. The highest BCUT2D eigenvalue weighted by molar-refractivity contribution is 5.78. The molecule has 2 aliphatic rings. The lowest BCUT2D eigenvalue weighted by molar-refractivity contribution is -0.178. The van der Waals surface area contributed by atoms with Crippen LogP contribution in [0.2, 0.25) is 0 Å². The maximum absolute atomic E-state index is 13.4. The summed E-state index contributed by atoms with van der Waals surface area (Å²) in [7, 11) is 0. The third kappa shape index (κ3) is 44.7. The van der Waals surface area contributed by atoms with Gasteiger partial charge in [0.25, 0.3) is 0 Å². The normalized spacial score (nSPS) is 19.6. The Morgan fingerprint density at radius 2 is 0.654 bits per heavy atom. The fourth-order valence-corrected chi connectivity index (χ4v) is 12.0. The highest BCUT2D eigenvalue weighted by atomic mass is 16.6. The van der Waals surface area contributed by atoms with E-state index in [1.165, 1.54) is 205 Å². The number of ether oxygens (including phenoxy) is 3. The number of hydrogen-bond donors (Lipinski definition) is 4. The van der Waals surface area contributed by atoms with Gasteiger partial charge in [0, 0.05) is 26.2 Å². The molecule has 0 spiro atoms. The number of cyclic esters (lactones) is 2. The number of aliphatic hydroxyl groups is 4. The predicted octanol–water partition coefficient (Wildman–Crippen LogP) is 18.0. The Morgan fingerprint density at radius 1 is 0.395 bits per heavy atom. The maximum Gasteiger partial charge on any atom is 0.326 e. The van der Waals surface area contributed by atoms with Gasteiger partial charge in [0.05, 0.1) is 37.1 Å². The lowest BCUT2D eigenvalue weighted by Gasteiger charge is -2.41. The molecule has 2 heterocycles. The molecule has 0 saturated carbocycles. The van der Waals surface area contributed by atoms with Crippen molar-refractivity contribution < 1.29 is 44.2 Å². The molecule has 0 amide bonds. The minimum atomic E-state index is -0.795. The Kier molecular flexibility index (Phi) is 58.2. The number of morpholine rings is 2. The molecule has 9 unspecified atom stereocenters. The van der Waals surface area contributed by atoms with Gasteiger partial charge in [-0.05, 0) is 58.8 Å². The molecule has 81 heavy (non-hydrogen) atoms. The summed E-state index contributed by atoms with van der Waals surface area (Å²) in [6.07, 6.45) is 51.2. The van der Waals surface area contributed by atoms with Crippen molar-refractivity contribution in [3.63, 3.8) is 0 Å². The Morgan fingerprint density at radius 3 is 0.963 bits per heavy atom. The molecule has 0 aromatic carbocycles. The SMILES string of the molecule is C.C.CCCCCCCCCCC(O)CN1CC(CCCCCCCCCC)OC(=O)C1C(C)O.CCCCCCCCCCC(O)COC(C)C1C(=O)OC(CCCCCCCCCC)CN1CC(O)CCCCCCCCCC. The van der Waals surface area contributed by atoms with Crippen LogP contribution < -0.4 is 0 Å². The molecule has 11 nitrogen and oxygen atoms in total. The quantitative estimate of drug-likeness (QED) is 0.0341. The van der Waals surface area contributed by atoms with Gasteiger partial charge in [-0.3, -0.25) is 19.4 Å². The molecule has 0 bridgehead atoms. The molecule has 486 valence electrons. The molecule has 2 fully saturated rings. The van der Waals surface area contributed by atoms with Crippen LogP contribution in [0.25, 0.3) is 0 Å². The number of carbonyl (C=O) groups excluding carboxylic acids is 2. The Hall–Kier alpha value is -1.34. The van der Waals surface area contributed by atoms with Gasteiger partial charge in [-0.1, -0.05) is 293 Å². The molecular weight excluding hydrogens is 1010 g/mol. The molecule has 4 N–H and O–H groups in total.